The number of hydrogen-bond donors (Lipinski definition) is 1. The van der Waals surface area contributed by atoms with Crippen molar-refractivity contribution < 1.29 is 0 Å². The van der Waals surface area contributed by atoms with Gasteiger partial charge in [-0.05, 0) is 36.3 Å². The normalized spacial score (nSPS) is 23.5. The molecule has 1 aliphatic carbocycles. The van der Waals surface area contributed by atoms with Crippen molar-refractivity contribution in [2.75, 3.05) is 6.54 Å². The first-order valence-corrected chi connectivity index (χ1v) is 6.43. The summed E-state index contributed by atoms with van der Waals surface area (Å²) in [6, 6.07) is 10.7. The van der Waals surface area contributed by atoms with Crippen molar-refractivity contribution in [2.45, 2.75) is 39.7 Å². The number of rotatable bonds is 4. The highest BCUT2D eigenvalue weighted by Gasteiger charge is 2.33. The molecule has 0 aromatic heterocycles. The molecule has 1 saturated carbocycles. The lowest BCUT2D eigenvalue weighted by molar-refractivity contribution is 0.251. The molecule has 1 aromatic rings. The van der Waals surface area contributed by atoms with E-state index in [-0.39, 0.29) is 0 Å². The Balaban J connectivity index is 1.76. The van der Waals surface area contributed by atoms with E-state index in [1.54, 1.807) is 0 Å². The van der Waals surface area contributed by atoms with Gasteiger partial charge >= 0.3 is 0 Å². The van der Waals surface area contributed by atoms with E-state index in [9.17, 15) is 0 Å². The van der Waals surface area contributed by atoms with Gasteiger partial charge in [0.15, 0.2) is 0 Å². The van der Waals surface area contributed by atoms with Crippen LogP contribution < -0.4 is 5.32 Å². The molecule has 2 rings (SSSR count). The molecule has 1 heteroatoms. The number of benzene rings is 1. The van der Waals surface area contributed by atoms with Crippen LogP contribution in [0.1, 0.15) is 38.7 Å². The van der Waals surface area contributed by atoms with E-state index in [0.29, 0.717) is 5.41 Å². The average Bonchev–Trinajstić information content (AvgIpc) is 2.60. The molecule has 88 valence electrons. The van der Waals surface area contributed by atoms with Crippen LogP contribution in [0, 0.1) is 11.3 Å². The molecule has 1 nitrogen and oxygen atoms in total. The van der Waals surface area contributed by atoms with Gasteiger partial charge in [-0.15, -0.1) is 0 Å². The lowest BCUT2D eigenvalue weighted by atomic mass is 9.82. The van der Waals surface area contributed by atoms with Gasteiger partial charge in [0, 0.05) is 6.54 Å². The standard InChI is InChI=1S/C15H23N/c1-15(2)10-6-9-14(15)12-16-11-13-7-4-3-5-8-13/h3-5,7-8,14,16H,6,9-12H2,1-2H3. The van der Waals surface area contributed by atoms with Gasteiger partial charge in [0.25, 0.3) is 0 Å². The molecular formula is C15H23N. The van der Waals surface area contributed by atoms with Crippen LogP contribution in [0.4, 0.5) is 0 Å². The van der Waals surface area contributed by atoms with Crippen molar-refractivity contribution in [3.8, 4) is 0 Å². The van der Waals surface area contributed by atoms with Crippen LogP contribution in [-0.2, 0) is 6.54 Å². The molecule has 1 N–H and O–H groups in total. The summed E-state index contributed by atoms with van der Waals surface area (Å²) in [6.45, 7) is 7.00. The molecule has 0 spiro atoms. The third kappa shape index (κ3) is 2.85. The van der Waals surface area contributed by atoms with Crippen LogP contribution in [0.25, 0.3) is 0 Å². The maximum absolute atomic E-state index is 3.60. The van der Waals surface area contributed by atoms with Gasteiger partial charge in [-0.3, -0.25) is 0 Å². The third-order valence-corrected chi connectivity index (χ3v) is 4.04. The second-order valence-electron chi connectivity index (χ2n) is 5.69. The highest BCUT2D eigenvalue weighted by molar-refractivity contribution is 5.14. The molecule has 0 bridgehead atoms. The lowest BCUT2D eigenvalue weighted by Gasteiger charge is -2.27. The van der Waals surface area contributed by atoms with Crippen molar-refractivity contribution >= 4 is 0 Å². The summed E-state index contributed by atoms with van der Waals surface area (Å²) in [5.41, 5.74) is 1.93. The fourth-order valence-corrected chi connectivity index (χ4v) is 2.76. The highest BCUT2D eigenvalue weighted by atomic mass is 14.9. The zero-order valence-corrected chi connectivity index (χ0v) is 10.5. The first-order chi connectivity index (χ1) is 7.68. The Morgan fingerprint density at radius 1 is 1.25 bits per heavy atom. The van der Waals surface area contributed by atoms with Crippen LogP contribution in [0.15, 0.2) is 30.3 Å². The number of hydrogen-bond acceptors (Lipinski definition) is 1. The van der Waals surface area contributed by atoms with Crippen LogP contribution >= 0.6 is 0 Å². The van der Waals surface area contributed by atoms with Gasteiger partial charge in [-0.1, -0.05) is 50.6 Å². The Bertz CT molecular complexity index is 315. The second kappa shape index (κ2) is 5.01. The fourth-order valence-electron chi connectivity index (χ4n) is 2.76. The minimum absolute atomic E-state index is 0.545. The SMILES string of the molecule is CC1(C)CCCC1CNCc1ccccc1. The van der Waals surface area contributed by atoms with Crippen molar-refractivity contribution in [3.05, 3.63) is 35.9 Å². The minimum atomic E-state index is 0.545. The monoisotopic (exact) mass is 217 g/mol. The largest absolute Gasteiger partial charge is 0.312 e. The molecule has 0 aliphatic heterocycles. The third-order valence-electron chi connectivity index (χ3n) is 4.04. The van der Waals surface area contributed by atoms with Gasteiger partial charge in [-0.2, -0.15) is 0 Å². The van der Waals surface area contributed by atoms with Gasteiger partial charge in [0.05, 0.1) is 0 Å². The summed E-state index contributed by atoms with van der Waals surface area (Å²) in [4.78, 5) is 0. The molecule has 1 unspecified atom stereocenters. The van der Waals surface area contributed by atoms with Gasteiger partial charge < -0.3 is 5.32 Å². The predicted octanol–water partition coefficient (Wildman–Crippen LogP) is 3.60. The predicted molar refractivity (Wildman–Crippen MR) is 69.3 cm³/mol. The van der Waals surface area contributed by atoms with E-state index < -0.39 is 0 Å². The lowest BCUT2D eigenvalue weighted by Crippen LogP contribution is -2.29. The van der Waals surface area contributed by atoms with Crippen LogP contribution in [-0.4, -0.2) is 6.54 Å². The van der Waals surface area contributed by atoms with E-state index in [4.69, 9.17) is 0 Å². The van der Waals surface area contributed by atoms with Gasteiger partial charge in [0.2, 0.25) is 0 Å². The van der Waals surface area contributed by atoms with Crippen LogP contribution in [0.2, 0.25) is 0 Å². The zero-order valence-electron chi connectivity index (χ0n) is 10.5. The molecule has 1 aromatic carbocycles. The quantitative estimate of drug-likeness (QED) is 0.812. The topological polar surface area (TPSA) is 12.0 Å². The Morgan fingerprint density at radius 2 is 2.00 bits per heavy atom. The van der Waals surface area contributed by atoms with E-state index >= 15 is 0 Å². The average molecular weight is 217 g/mol. The summed E-state index contributed by atoms with van der Waals surface area (Å²) in [6.07, 6.45) is 4.20. The van der Waals surface area contributed by atoms with Crippen LogP contribution in [0.5, 0.6) is 0 Å². The first-order valence-electron chi connectivity index (χ1n) is 6.43. The molecule has 1 aliphatic rings. The maximum Gasteiger partial charge on any atom is 0.0205 e. The molecule has 0 amide bonds. The molecule has 1 atom stereocenters. The summed E-state index contributed by atoms with van der Waals surface area (Å²) in [5.74, 6) is 0.858. The summed E-state index contributed by atoms with van der Waals surface area (Å²) >= 11 is 0. The summed E-state index contributed by atoms with van der Waals surface area (Å²) < 4.78 is 0. The Hall–Kier alpha value is -0.820. The Morgan fingerprint density at radius 3 is 2.62 bits per heavy atom. The van der Waals surface area contributed by atoms with E-state index in [1.165, 1.54) is 31.4 Å². The highest BCUT2D eigenvalue weighted by Crippen LogP contribution is 2.41. The Labute approximate surface area is 99.3 Å². The van der Waals surface area contributed by atoms with Gasteiger partial charge in [-0.25, -0.2) is 0 Å². The van der Waals surface area contributed by atoms with Crippen LogP contribution in [0.3, 0.4) is 0 Å². The molecule has 1 fully saturated rings. The van der Waals surface area contributed by atoms with Gasteiger partial charge in [0.1, 0.15) is 0 Å². The van der Waals surface area contributed by atoms with Crippen molar-refractivity contribution in [3.63, 3.8) is 0 Å². The fraction of sp³-hybridized carbons (Fsp3) is 0.600. The second-order valence-corrected chi connectivity index (χ2v) is 5.69. The number of nitrogens with one attached hydrogen (secondary N) is 1. The molecule has 0 heterocycles. The molecule has 16 heavy (non-hydrogen) atoms. The van der Waals surface area contributed by atoms with Crippen molar-refractivity contribution in [2.24, 2.45) is 11.3 Å². The van der Waals surface area contributed by atoms with Crippen molar-refractivity contribution in [1.82, 2.24) is 5.32 Å². The molecule has 0 saturated heterocycles. The van der Waals surface area contributed by atoms with Crippen molar-refractivity contribution in [1.29, 1.82) is 0 Å². The van der Waals surface area contributed by atoms with E-state index in [1.807, 2.05) is 0 Å². The summed E-state index contributed by atoms with van der Waals surface area (Å²) in [7, 11) is 0. The Kier molecular flexibility index (Phi) is 3.65. The summed E-state index contributed by atoms with van der Waals surface area (Å²) in [5, 5.41) is 3.60. The minimum Gasteiger partial charge on any atom is -0.312 e. The smallest absolute Gasteiger partial charge is 0.0205 e. The molecule has 0 radical (unpaired) electrons. The van der Waals surface area contributed by atoms with E-state index in [0.717, 1.165) is 12.5 Å². The zero-order chi connectivity index (χ0) is 11.4. The van der Waals surface area contributed by atoms with E-state index in [2.05, 4.69) is 49.5 Å². The first kappa shape index (κ1) is 11.7. The molecular weight excluding hydrogens is 194 g/mol. The maximum atomic E-state index is 3.60.